The summed E-state index contributed by atoms with van der Waals surface area (Å²) in [6.45, 7) is 0.209. The van der Waals surface area contributed by atoms with Crippen LogP contribution < -0.4 is 9.47 Å². The first-order chi connectivity index (χ1) is 10.2. The zero-order valence-electron chi connectivity index (χ0n) is 11.2. The number of aromatic nitrogens is 1. The van der Waals surface area contributed by atoms with Crippen LogP contribution in [0.2, 0.25) is 0 Å². The lowest BCUT2D eigenvalue weighted by molar-refractivity contribution is -0.385. The van der Waals surface area contributed by atoms with Gasteiger partial charge in [-0.05, 0) is 6.07 Å². The Morgan fingerprint density at radius 1 is 1.38 bits per heavy atom. The summed E-state index contributed by atoms with van der Waals surface area (Å²) in [5.74, 6) is 0.449. The van der Waals surface area contributed by atoms with Gasteiger partial charge in [-0.2, -0.15) is 0 Å². The van der Waals surface area contributed by atoms with Gasteiger partial charge in [0, 0.05) is 24.0 Å². The van der Waals surface area contributed by atoms with Crippen LogP contribution in [-0.4, -0.2) is 23.3 Å². The highest BCUT2D eigenvalue weighted by molar-refractivity contribution is 5.83. The minimum atomic E-state index is -0.642. The number of nitrogens with zero attached hydrogens (tertiary/aromatic N) is 2. The van der Waals surface area contributed by atoms with Gasteiger partial charge in [0.25, 0.3) is 5.69 Å². The predicted octanol–water partition coefficient (Wildman–Crippen LogP) is 2.39. The van der Waals surface area contributed by atoms with Crippen LogP contribution in [0, 0.1) is 10.1 Å². The molecule has 0 N–H and O–H groups in total. The zero-order valence-corrected chi connectivity index (χ0v) is 11.2. The molecule has 108 valence electrons. The van der Waals surface area contributed by atoms with Crippen LogP contribution in [0.4, 0.5) is 5.69 Å². The summed E-state index contributed by atoms with van der Waals surface area (Å²) in [7, 11) is 1.37. The largest absolute Gasteiger partial charge is 0.493 e. The van der Waals surface area contributed by atoms with Crippen molar-refractivity contribution in [2.75, 3.05) is 7.11 Å². The second-order valence-corrected chi connectivity index (χ2v) is 4.09. The molecule has 1 aromatic carbocycles. The molecule has 2 rings (SSSR count). The van der Waals surface area contributed by atoms with Crippen LogP contribution in [0.5, 0.6) is 11.5 Å². The third kappa shape index (κ3) is 3.33. The molecule has 0 radical (unpaired) electrons. The molecule has 0 aliphatic carbocycles. The number of carbonyl (C=O) groups excluding carboxylic acids is 1. The molecule has 0 atom stereocenters. The van der Waals surface area contributed by atoms with Gasteiger partial charge >= 0.3 is 0 Å². The Morgan fingerprint density at radius 2 is 2.19 bits per heavy atom. The van der Waals surface area contributed by atoms with Crippen molar-refractivity contribution in [3.63, 3.8) is 0 Å². The van der Waals surface area contributed by atoms with E-state index >= 15 is 0 Å². The van der Waals surface area contributed by atoms with Gasteiger partial charge in [-0.1, -0.05) is 6.07 Å². The van der Waals surface area contributed by atoms with Gasteiger partial charge in [-0.25, -0.2) is 0 Å². The summed E-state index contributed by atoms with van der Waals surface area (Å²) < 4.78 is 10.6. The monoisotopic (exact) mass is 288 g/mol. The van der Waals surface area contributed by atoms with Crippen LogP contribution in [0.25, 0.3) is 0 Å². The predicted molar refractivity (Wildman–Crippen MR) is 73.6 cm³/mol. The average molecular weight is 288 g/mol. The van der Waals surface area contributed by atoms with E-state index in [1.54, 1.807) is 18.5 Å². The number of rotatable bonds is 6. The van der Waals surface area contributed by atoms with E-state index in [0.717, 1.165) is 5.56 Å². The van der Waals surface area contributed by atoms with Crippen LogP contribution >= 0.6 is 0 Å². The normalized spacial score (nSPS) is 9.95. The van der Waals surface area contributed by atoms with E-state index in [4.69, 9.17) is 9.47 Å². The average Bonchev–Trinajstić information content (AvgIpc) is 2.52. The Kier molecular flexibility index (Phi) is 4.45. The molecular formula is C14H12N2O5. The Balaban J connectivity index is 2.30. The van der Waals surface area contributed by atoms with Gasteiger partial charge in [0.15, 0.2) is 17.8 Å². The van der Waals surface area contributed by atoms with Crippen molar-refractivity contribution in [3.05, 3.63) is 57.9 Å². The fraction of sp³-hybridized carbons (Fsp3) is 0.143. The standard InChI is InChI=1S/C14H12N2O5/c1-20-13-6-12(16(18)19)11(8-17)5-14(13)21-9-10-3-2-4-15-7-10/h2-8H,9H2,1H3. The van der Waals surface area contributed by atoms with Gasteiger partial charge in [-0.3, -0.25) is 19.9 Å². The first-order valence-electron chi connectivity index (χ1n) is 5.99. The first kappa shape index (κ1) is 14.4. The molecule has 0 unspecified atom stereocenters. The van der Waals surface area contributed by atoms with Crippen molar-refractivity contribution < 1.29 is 19.2 Å². The van der Waals surface area contributed by atoms with E-state index < -0.39 is 4.92 Å². The number of hydrogen-bond donors (Lipinski definition) is 0. The Labute approximate surface area is 120 Å². The Bertz CT molecular complexity index is 658. The molecule has 0 fully saturated rings. The maximum atomic E-state index is 10.9. The third-order valence-electron chi connectivity index (χ3n) is 2.75. The highest BCUT2D eigenvalue weighted by Gasteiger charge is 2.19. The molecule has 1 heterocycles. The first-order valence-corrected chi connectivity index (χ1v) is 5.99. The number of ether oxygens (including phenoxy) is 2. The van der Waals surface area contributed by atoms with E-state index in [1.807, 2.05) is 6.07 Å². The summed E-state index contributed by atoms with van der Waals surface area (Å²) in [6.07, 6.45) is 3.69. The van der Waals surface area contributed by atoms with E-state index in [9.17, 15) is 14.9 Å². The molecule has 21 heavy (non-hydrogen) atoms. The molecule has 0 saturated heterocycles. The highest BCUT2D eigenvalue weighted by Crippen LogP contribution is 2.34. The summed E-state index contributed by atoms with van der Waals surface area (Å²) in [5.41, 5.74) is 0.433. The van der Waals surface area contributed by atoms with E-state index in [2.05, 4.69) is 4.98 Å². The third-order valence-corrected chi connectivity index (χ3v) is 2.75. The van der Waals surface area contributed by atoms with E-state index in [1.165, 1.54) is 19.2 Å². The molecule has 0 bridgehead atoms. The quantitative estimate of drug-likeness (QED) is 0.460. The maximum Gasteiger partial charge on any atom is 0.283 e. The molecule has 7 heteroatoms. The molecule has 2 aromatic rings. The second kappa shape index (κ2) is 6.47. The number of nitro benzene ring substituents is 1. The fourth-order valence-corrected chi connectivity index (χ4v) is 1.73. The van der Waals surface area contributed by atoms with Crippen molar-refractivity contribution in [1.82, 2.24) is 4.98 Å². The summed E-state index contributed by atoms with van der Waals surface area (Å²) in [4.78, 5) is 25.1. The molecule has 0 spiro atoms. The van der Waals surface area contributed by atoms with Crippen LogP contribution in [0.15, 0.2) is 36.7 Å². The van der Waals surface area contributed by atoms with E-state index in [-0.39, 0.29) is 29.4 Å². The lowest BCUT2D eigenvalue weighted by Crippen LogP contribution is -2.01. The number of pyridine rings is 1. The van der Waals surface area contributed by atoms with Crippen molar-refractivity contribution in [2.45, 2.75) is 6.61 Å². The van der Waals surface area contributed by atoms with Gasteiger partial charge in [0.1, 0.15) is 6.61 Å². The molecule has 0 amide bonds. The topological polar surface area (TPSA) is 91.6 Å². The molecular weight excluding hydrogens is 276 g/mol. The Hall–Kier alpha value is -2.96. The molecule has 1 aromatic heterocycles. The number of carbonyl (C=O) groups is 1. The minimum absolute atomic E-state index is 0.0676. The number of aldehydes is 1. The van der Waals surface area contributed by atoms with Crippen molar-refractivity contribution in [3.8, 4) is 11.5 Å². The highest BCUT2D eigenvalue weighted by atomic mass is 16.6. The summed E-state index contributed by atoms with van der Waals surface area (Å²) in [5, 5.41) is 10.9. The van der Waals surface area contributed by atoms with Gasteiger partial charge in [0.05, 0.1) is 23.7 Å². The summed E-state index contributed by atoms with van der Waals surface area (Å²) >= 11 is 0. The summed E-state index contributed by atoms with van der Waals surface area (Å²) in [6, 6.07) is 6.05. The number of methoxy groups -OCH3 is 1. The number of hydrogen-bond acceptors (Lipinski definition) is 6. The fourth-order valence-electron chi connectivity index (χ4n) is 1.73. The van der Waals surface area contributed by atoms with Crippen LogP contribution in [-0.2, 0) is 6.61 Å². The van der Waals surface area contributed by atoms with Gasteiger partial charge in [-0.15, -0.1) is 0 Å². The van der Waals surface area contributed by atoms with Crippen LogP contribution in [0.1, 0.15) is 15.9 Å². The molecule has 0 aliphatic rings. The molecule has 7 nitrogen and oxygen atoms in total. The smallest absolute Gasteiger partial charge is 0.283 e. The maximum absolute atomic E-state index is 10.9. The van der Waals surface area contributed by atoms with Crippen LogP contribution in [0.3, 0.4) is 0 Å². The Morgan fingerprint density at radius 3 is 2.76 bits per heavy atom. The van der Waals surface area contributed by atoms with Crippen molar-refractivity contribution >= 4 is 12.0 Å². The van der Waals surface area contributed by atoms with Crippen molar-refractivity contribution in [2.24, 2.45) is 0 Å². The van der Waals surface area contributed by atoms with Crippen molar-refractivity contribution in [1.29, 1.82) is 0 Å². The lowest BCUT2D eigenvalue weighted by Gasteiger charge is -2.11. The van der Waals surface area contributed by atoms with E-state index in [0.29, 0.717) is 6.29 Å². The second-order valence-electron chi connectivity index (χ2n) is 4.09. The van der Waals surface area contributed by atoms with Gasteiger partial charge in [0.2, 0.25) is 0 Å². The van der Waals surface area contributed by atoms with Gasteiger partial charge < -0.3 is 9.47 Å². The number of benzene rings is 1. The minimum Gasteiger partial charge on any atom is -0.493 e. The molecule has 0 aliphatic heterocycles. The lowest BCUT2D eigenvalue weighted by atomic mass is 10.1. The number of nitro groups is 1. The molecule has 0 saturated carbocycles. The zero-order chi connectivity index (χ0) is 15.2. The SMILES string of the molecule is COc1cc([N+](=O)[O-])c(C=O)cc1OCc1cccnc1.